The Morgan fingerprint density at radius 2 is 1.85 bits per heavy atom. The van der Waals surface area contributed by atoms with E-state index in [4.69, 9.17) is 4.74 Å². The second-order valence-electron chi connectivity index (χ2n) is 6.35. The van der Waals surface area contributed by atoms with Crippen LogP contribution in [0.5, 0.6) is 0 Å². The number of hydrogen-bond acceptors (Lipinski definition) is 3. The molecule has 0 unspecified atom stereocenters. The van der Waals surface area contributed by atoms with Gasteiger partial charge in [0.25, 0.3) is 0 Å². The number of carbonyl (C=O) groups is 1. The molecular formula is C19H33IN4O2. The molecule has 0 saturated carbocycles. The van der Waals surface area contributed by atoms with E-state index in [9.17, 15) is 4.79 Å². The van der Waals surface area contributed by atoms with Gasteiger partial charge < -0.3 is 20.3 Å². The van der Waals surface area contributed by atoms with E-state index in [0.29, 0.717) is 12.5 Å². The number of ether oxygens (including phenoxy) is 1. The number of carbonyl (C=O) groups excluding carboxylic acids is 1. The van der Waals surface area contributed by atoms with Crippen LogP contribution in [0.25, 0.3) is 0 Å². The van der Waals surface area contributed by atoms with Gasteiger partial charge in [0.15, 0.2) is 5.96 Å². The van der Waals surface area contributed by atoms with Gasteiger partial charge in [0, 0.05) is 27.2 Å². The Kier molecular flexibility index (Phi) is 14.0. The highest BCUT2D eigenvalue weighted by Crippen LogP contribution is 2.00. The summed E-state index contributed by atoms with van der Waals surface area (Å²) in [7, 11) is 3.49. The second kappa shape index (κ2) is 14.8. The summed E-state index contributed by atoms with van der Waals surface area (Å²) in [5.74, 6) is 0.670. The summed E-state index contributed by atoms with van der Waals surface area (Å²) < 4.78 is 5.54. The average molecular weight is 476 g/mol. The molecule has 0 radical (unpaired) electrons. The van der Waals surface area contributed by atoms with Crippen molar-refractivity contribution in [1.29, 1.82) is 0 Å². The normalized spacial score (nSPS) is 11.0. The predicted octanol–water partition coefficient (Wildman–Crippen LogP) is 2.63. The van der Waals surface area contributed by atoms with Crippen LogP contribution in [0.4, 0.5) is 0 Å². The molecular weight excluding hydrogens is 443 g/mol. The third-order valence-electron chi connectivity index (χ3n) is 3.48. The lowest BCUT2D eigenvalue weighted by Gasteiger charge is -2.15. The molecule has 0 saturated heterocycles. The molecule has 2 N–H and O–H groups in total. The molecule has 7 heteroatoms. The van der Waals surface area contributed by atoms with Gasteiger partial charge in [0.1, 0.15) is 0 Å². The molecule has 0 bridgehead atoms. The fraction of sp³-hybridized carbons (Fsp3) is 0.579. The quantitative estimate of drug-likeness (QED) is 0.236. The molecule has 1 aromatic carbocycles. The maximum Gasteiger partial charge on any atom is 0.241 e. The third-order valence-corrected chi connectivity index (χ3v) is 3.48. The van der Waals surface area contributed by atoms with E-state index in [1.807, 2.05) is 44.2 Å². The van der Waals surface area contributed by atoms with Crippen LogP contribution in [0.3, 0.4) is 0 Å². The van der Waals surface area contributed by atoms with Gasteiger partial charge in [-0.15, -0.1) is 24.0 Å². The largest absolute Gasteiger partial charge is 0.379 e. The van der Waals surface area contributed by atoms with Gasteiger partial charge in [-0.1, -0.05) is 30.3 Å². The Morgan fingerprint density at radius 3 is 2.46 bits per heavy atom. The van der Waals surface area contributed by atoms with Gasteiger partial charge in [-0.25, -0.2) is 4.99 Å². The summed E-state index contributed by atoms with van der Waals surface area (Å²) >= 11 is 0. The number of benzene rings is 1. The van der Waals surface area contributed by atoms with Crippen LogP contribution in [0, 0.1) is 0 Å². The summed E-state index contributed by atoms with van der Waals surface area (Å²) in [6, 6.07) is 10.1. The fourth-order valence-corrected chi connectivity index (χ4v) is 2.00. The SMILES string of the molecule is CC(C)OCCCCNC(=NCc1ccccc1)NCC(=O)N(C)C.I. The Balaban J connectivity index is 0.00000625. The Hall–Kier alpha value is -1.35. The molecule has 0 aliphatic rings. The maximum absolute atomic E-state index is 11.8. The number of halogens is 1. The van der Waals surface area contributed by atoms with Gasteiger partial charge >= 0.3 is 0 Å². The molecule has 0 aromatic heterocycles. The molecule has 0 aliphatic heterocycles. The maximum atomic E-state index is 11.8. The molecule has 1 amide bonds. The minimum Gasteiger partial charge on any atom is -0.379 e. The number of hydrogen-bond donors (Lipinski definition) is 2. The van der Waals surface area contributed by atoms with Crippen molar-refractivity contribution < 1.29 is 9.53 Å². The summed E-state index contributed by atoms with van der Waals surface area (Å²) in [6.45, 7) is 6.43. The van der Waals surface area contributed by atoms with Gasteiger partial charge in [0.2, 0.25) is 5.91 Å². The van der Waals surface area contributed by atoms with Crippen LogP contribution >= 0.6 is 24.0 Å². The van der Waals surface area contributed by atoms with Gasteiger partial charge in [-0.05, 0) is 32.3 Å². The summed E-state index contributed by atoms with van der Waals surface area (Å²) in [5.41, 5.74) is 1.13. The first-order valence-electron chi connectivity index (χ1n) is 8.87. The van der Waals surface area contributed by atoms with Crippen molar-refractivity contribution in [3.8, 4) is 0 Å². The zero-order valence-corrected chi connectivity index (χ0v) is 18.7. The number of amides is 1. The zero-order valence-electron chi connectivity index (χ0n) is 16.3. The Morgan fingerprint density at radius 1 is 1.15 bits per heavy atom. The minimum absolute atomic E-state index is 0. The van der Waals surface area contributed by atoms with Crippen molar-refractivity contribution in [2.75, 3.05) is 33.8 Å². The molecule has 0 atom stereocenters. The van der Waals surface area contributed by atoms with Gasteiger partial charge in [-0.2, -0.15) is 0 Å². The lowest BCUT2D eigenvalue weighted by atomic mass is 10.2. The summed E-state index contributed by atoms with van der Waals surface area (Å²) in [6.07, 6.45) is 2.25. The Bertz CT molecular complexity index is 522. The number of guanidine groups is 1. The summed E-state index contributed by atoms with van der Waals surface area (Å²) in [4.78, 5) is 17.9. The van der Waals surface area contributed by atoms with E-state index >= 15 is 0 Å². The molecule has 1 rings (SSSR count). The number of rotatable bonds is 10. The molecule has 0 aliphatic carbocycles. The van der Waals surface area contributed by atoms with Crippen molar-refractivity contribution in [1.82, 2.24) is 15.5 Å². The second-order valence-corrected chi connectivity index (χ2v) is 6.35. The van der Waals surface area contributed by atoms with E-state index in [2.05, 4.69) is 15.6 Å². The van der Waals surface area contributed by atoms with Crippen molar-refractivity contribution >= 4 is 35.8 Å². The van der Waals surface area contributed by atoms with Crippen LogP contribution in [0.2, 0.25) is 0 Å². The van der Waals surface area contributed by atoms with E-state index in [0.717, 1.165) is 31.6 Å². The van der Waals surface area contributed by atoms with Gasteiger partial charge in [-0.3, -0.25) is 4.79 Å². The molecule has 0 spiro atoms. The summed E-state index contributed by atoms with van der Waals surface area (Å²) in [5, 5.41) is 6.38. The van der Waals surface area contributed by atoms with Crippen molar-refractivity contribution in [2.45, 2.75) is 39.3 Å². The smallest absolute Gasteiger partial charge is 0.241 e. The molecule has 6 nitrogen and oxygen atoms in total. The van der Waals surface area contributed by atoms with E-state index in [1.54, 1.807) is 19.0 Å². The third kappa shape index (κ3) is 12.1. The number of nitrogens with zero attached hydrogens (tertiary/aromatic N) is 2. The molecule has 1 aromatic rings. The zero-order chi connectivity index (χ0) is 18.5. The highest BCUT2D eigenvalue weighted by molar-refractivity contribution is 14.0. The van der Waals surface area contributed by atoms with Crippen LogP contribution in [-0.4, -0.2) is 56.7 Å². The number of aliphatic imine (C=N–C) groups is 1. The predicted molar refractivity (Wildman–Crippen MR) is 118 cm³/mol. The topological polar surface area (TPSA) is 66.0 Å². The highest BCUT2D eigenvalue weighted by Gasteiger charge is 2.05. The van der Waals surface area contributed by atoms with Crippen LogP contribution < -0.4 is 10.6 Å². The molecule has 0 fully saturated rings. The van der Waals surface area contributed by atoms with Crippen LogP contribution in [-0.2, 0) is 16.1 Å². The first-order chi connectivity index (χ1) is 12.0. The van der Waals surface area contributed by atoms with Crippen molar-refractivity contribution in [3.63, 3.8) is 0 Å². The average Bonchev–Trinajstić information content (AvgIpc) is 2.59. The standard InChI is InChI=1S/C19H32N4O2.HI/c1-16(2)25-13-9-8-12-20-19(22-15-18(24)23(3)4)21-14-17-10-6-5-7-11-17;/h5-7,10-11,16H,8-9,12-15H2,1-4H3,(H2,20,21,22);1H. The molecule has 148 valence electrons. The Labute approximate surface area is 174 Å². The number of likely N-dealkylation sites (N-methyl/N-ethyl adjacent to an activating group) is 1. The van der Waals surface area contributed by atoms with Crippen molar-refractivity contribution in [2.24, 2.45) is 4.99 Å². The van der Waals surface area contributed by atoms with Crippen LogP contribution in [0.15, 0.2) is 35.3 Å². The van der Waals surface area contributed by atoms with Crippen LogP contribution in [0.1, 0.15) is 32.3 Å². The first kappa shape index (κ1) is 24.7. The van der Waals surface area contributed by atoms with Crippen molar-refractivity contribution in [3.05, 3.63) is 35.9 Å². The lowest BCUT2D eigenvalue weighted by Crippen LogP contribution is -2.43. The first-order valence-corrected chi connectivity index (χ1v) is 8.87. The van der Waals surface area contributed by atoms with E-state index < -0.39 is 0 Å². The van der Waals surface area contributed by atoms with E-state index in [-0.39, 0.29) is 42.5 Å². The molecule has 0 heterocycles. The molecule has 26 heavy (non-hydrogen) atoms. The highest BCUT2D eigenvalue weighted by atomic mass is 127. The lowest BCUT2D eigenvalue weighted by molar-refractivity contribution is -0.127. The van der Waals surface area contributed by atoms with Gasteiger partial charge in [0.05, 0.1) is 19.2 Å². The monoisotopic (exact) mass is 476 g/mol. The number of unbranched alkanes of at least 4 members (excludes halogenated alkanes) is 1. The van der Waals surface area contributed by atoms with E-state index in [1.165, 1.54) is 0 Å². The fourth-order valence-electron chi connectivity index (χ4n) is 2.00. The minimum atomic E-state index is 0. The number of nitrogens with one attached hydrogen (secondary N) is 2.